The maximum absolute atomic E-state index is 13.3. The molecule has 5 N–H and O–H groups in total. The highest BCUT2D eigenvalue weighted by Crippen LogP contribution is 2.55. The summed E-state index contributed by atoms with van der Waals surface area (Å²) in [5.41, 5.74) is 4.26. The van der Waals surface area contributed by atoms with Crippen LogP contribution in [0.25, 0.3) is 0 Å². The summed E-state index contributed by atoms with van der Waals surface area (Å²) in [7, 11) is 1.58. The van der Waals surface area contributed by atoms with Gasteiger partial charge in [0.05, 0.1) is 30.9 Å². The van der Waals surface area contributed by atoms with Crippen molar-refractivity contribution in [2.75, 3.05) is 26.9 Å². The number of Topliss-reactive ketones (excluding diaryl/α,β-unsaturated/α-hetero) is 2. The first-order valence-corrected chi connectivity index (χ1v) is 11.1. The first-order valence-electron chi connectivity index (χ1n) is 11.1. The fraction of sp³-hybridized carbons (Fsp3) is 0.682. The number of aliphatic hydroxyl groups excluding tert-OH is 1. The number of amides is 1. The molecule has 3 aliphatic heterocycles. The molecule has 0 radical (unpaired) electrons. The normalized spacial score (nSPS) is 30.0. The van der Waals surface area contributed by atoms with Gasteiger partial charge in [0.25, 0.3) is 0 Å². The zero-order valence-corrected chi connectivity index (χ0v) is 18.8. The number of ketones is 2. The van der Waals surface area contributed by atoms with Crippen LogP contribution in [0.2, 0.25) is 0 Å². The number of allylic oxidation sites excluding steroid dienone is 2. The largest absolute Gasteiger partial charge is 0.489 e. The third-order valence-electron chi connectivity index (χ3n) is 6.66. The molecule has 2 saturated heterocycles. The maximum atomic E-state index is 13.3. The highest BCUT2D eigenvalue weighted by atomic mass is 16.5. The summed E-state index contributed by atoms with van der Waals surface area (Å²) in [5.74, 6) is -0.882. The highest BCUT2D eigenvalue weighted by molar-refractivity contribution is 6.25. The fourth-order valence-electron chi connectivity index (χ4n) is 5.18. The van der Waals surface area contributed by atoms with Crippen LogP contribution >= 0.6 is 0 Å². The lowest BCUT2D eigenvalue weighted by atomic mass is 9.83. The van der Waals surface area contributed by atoms with Crippen LogP contribution in [0.5, 0.6) is 0 Å². The number of hydrogen-bond acceptors (Lipinski definition) is 8. The Morgan fingerprint density at radius 2 is 1.91 bits per heavy atom. The van der Waals surface area contributed by atoms with E-state index in [2.05, 4.69) is 18.0 Å². The smallest absolute Gasteiger partial charge is 0.402 e. The number of unbranched alkanes of at least 4 members (excludes halogenated alkanes) is 4. The zero-order chi connectivity index (χ0) is 23.6. The maximum Gasteiger partial charge on any atom is 0.402 e. The summed E-state index contributed by atoms with van der Waals surface area (Å²) in [6, 6.07) is 0.250. The van der Waals surface area contributed by atoms with Crippen molar-refractivity contribution in [3.05, 3.63) is 22.6 Å². The average molecular weight is 452 g/mol. The molecule has 0 aromatic carbocycles. The van der Waals surface area contributed by atoms with Crippen LogP contribution in [0.15, 0.2) is 22.6 Å². The number of carbonyl (C=O) groups is 3. The molecule has 1 aliphatic carbocycles. The monoisotopic (exact) mass is 451 g/mol. The number of aliphatic hydroxyl groups is 1. The Bertz CT molecular complexity index is 848. The van der Waals surface area contributed by atoms with Crippen molar-refractivity contribution in [3.8, 4) is 0 Å². The molecule has 32 heavy (non-hydrogen) atoms. The summed E-state index contributed by atoms with van der Waals surface area (Å²) < 4.78 is 11.7. The molecule has 4 unspecified atom stereocenters. The van der Waals surface area contributed by atoms with Gasteiger partial charge in [-0.05, 0) is 13.3 Å². The summed E-state index contributed by atoms with van der Waals surface area (Å²) in [6.45, 7) is 4.60. The first kappa shape index (κ1) is 24.2. The van der Waals surface area contributed by atoms with E-state index in [0.717, 1.165) is 19.3 Å². The minimum absolute atomic E-state index is 0.0177. The van der Waals surface area contributed by atoms with E-state index >= 15 is 0 Å². The molecule has 2 fully saturated rings. The minimum Gasteiger partial charge on any atom is -0.489 e. The third kappa shape index (κ3) is 3.91. The number of rotatable bonds is 9. The minimum atomic E-state index is -1.33. The molecule has 0 saturated carbocycles. The van der Waals surface area contributed by atoms with E-state index in [9.17, 15) is 14.7 Å². The highest BCUT2D eigenvalue weighted by Gasteiger charge is 2.72. The van der Waals surface area contributed by atoms with Gasteiger partial charge in [-0.2, -0.15) is 0 Å². The van der Waals surface area contributed by atoms with Crippen molar-refractivity contribution in [3.63, 3.8) is 0 Å². The van der Waals surface area contributed by atoms with Crippen molar-refractivity contribution in [1.82, 2.24) is 10.2 Å². The summed E-state index contributed by atoms with van der Waals surface area (Å²) in [5, 5.41) is 20.7. The number of ether oxygens (including phenoxy) is 2. The molecule has 178 valence electrons. The van der Waals surface area contributed by atoms with Gasteiger partial charge in [0, 0.05) is 30.8 Å². The predicted octanol–water partition coefficient (Wildman–Crippen LogP) is 0.897. The van der Waals surface area contributed by atoms with E-state index < -0.39 is 17.7 Å². The summed E-state index contributed by atoms with van der Waals surface area (Å²) >= 11 is 0. The number of nitrogens with one attached hydrogen (secondary N) is 1. The van der Waals surface area contributed by atoms with E-state index in [1.165, 1.54) is 12.8 Å². The zero-order valence-electron chi connectivity index (χ0n) is 18.8. The lowest BCUT2D eigenvalue weighted by Crippen LogP contribution is -2.54. The SMILES string of the molecule is CCCCCCCOC1=C(C)C(=O)C2=C(C1=O)C(CO)C1(OC)C3NC3CN21.NC(=O)O. The molecule has 0 bridgehead atoms. The Balaban J connectivity index is 0.000000668. The molecule has 4 atom stereocenters. The van der Waals surface area contributed by atoms with Crippen molar-refractivity contribution < 1.29 is 34.1 Å². The average Bonchev–Trinajstić information content (AvgIpc) is 3.36. The lowest BCUT2D eigenvalue weighted by molar-refractivity contribution is -0.137. The Hall–Kier alpha value is -2.43. The second-order valence-corrected chi connectivity index (χ2v) is 8.53. The molecule has 3 heterocycles. The van der Waals surface area contributed by atoms with Gasteiger partial charge >= 0.3 is 6.09 Å². The van der Waals surface area contributed by atoms with E-state index in [1.807, 2.05) is 4.90 Å². The molecular weight excluding hydrogens is 418 g/mol. The van der Waals surface area contributed by atoms with E-state index in [-0.39, 0.29) is 36.0 Å². The number of nitrogens with two attached hydrogens (primary N) is 1. The molecule has 10 heteroatoms. The predicted molar refractivity (Wildman–Crippen MR) is 114 cm³/mol. The van der Waals surface area contributed by atoms with E-state index in [4.69, 9.17) is 19.4 Å². The molecule has 0 aromatic rings. The Kier molecular flexibility index (Phi) is 7.26. The number of fused-ring (bicyclic) bond motifs is 4. The van der Waals surface area contributed by atoms with Crippen LogP contribution in [-0.4, -0.2) is 77.4 Å². The topological polar surface area (TPSA) is 161 Å². The van der Waals surface area contributed by atoms with Gasteiger partial charge in [0.1, 0.15) is 0 Å². The van der Waals surface area contributed by atoms with Gasteiger partial charge in [-0.3, -0.25) is 9.59 Å². The second kappa shape index (κ2) is 9.60. The number of methoxy groups -OCH3 is 1. The van der Waals surface area contributed by atoms with Gasteiger partial charge in [0.2, 0.25) is 11.6 Å². The number of carboxylic acid groups (broad SMARTS) is 1. The van der Waals surface area contributed by atoms with Crippen molar-refractivity contribution in [2.24, 2.45) is 11.7 Å². The Morgan fingerprint density at radius 1 is 1.25 bits per heavy atom. The van der Waals surface area contributed by atoms with Crippen LogP contribution < -0.4 is 11.1 Å². The molecular formula is C22H33N3O7. The fourth-order valence-corrected chi connectivity index (χ4v) is 5.18. The number of carbonyl (C=O) groups excluding carboxylic acids is 2. The van der Waals surface area contributed by atoms with Crippen LogP contribution in [0, 0.1) is 5.92 Å². The second-order valence-electron chi connectivity index (χ2n) is 8.53. The lowest BCUT2D eigenvalue weighted by Gasteiger charge is -2.39. The molecule has 10 nitrogen and oxygen atoms in total. The van der Waals surface area contributed by atoms with Gasteiger partial charge in [-0.1, -0.05) is 32.6 Å². The van der Waals surface area contributed by atoms with Gasteiger partial charge in [-0.15, -0.1) is 0 Å². The standard InChI is InChI=1S/C21H30N2O5.CH3NO2/c1-4-5-6-7-8-9-28-19-12(2)17(25)16-15(18(19)26)13(11-24)21(27-3)20-14(22-20)10-23(16)21;2-1(3)4/h13-14,20,22,24H,4-11H2,1-3H3;2H2,(H,3,4). The molecule has 4 aliphatic rings. The van der Waals surface area contributed by atoms with Gasteiger partial charge in [0.15, 0.2) is 11.5 Å². The van der Waals surface area contributed by atoms with Gasteiger partial charge in [-0.25, -0.2) is 4.79 Å². The molecule has 4 rings (SSSR count). The number of nitrogens with zero attached hydrogens (tertiary/aromatic N) is 1. The van der Waals surface area contributed by atoms with Crippen molar-refractivity contribution >= 4 is 17.7 Å². The van der Waals surface area contributed by atoms with Gasteiger partial charge < -0.3 is 35.6 Å². The number of hydrogen-bond donors (Lipinski definition) is 4. The summed E-state index contributed by atoms with van der Waals surface area (Å²) in [6.07, 6.45) is 4.08. The Morgan fingerprint density at radius 3 is 2.50 bits per heavy atom. The van der Waals surface area contributed by atoms with Crippen LogP contribution in [-0.2, 0) is 19.1 Å². The van der Waals surface area contributed by atoms with Crippen LogP contribution in [0.3, 0.4) is 0 Å². The van der Waals surface area contributed by atoms with Crippen LogP contribution in [0.4, 0.5) is 4.79 Å². The first-order chi connectivity index (χ1) is 15.3. The molecule has 1 amide bonds. The van der Waals surface area contributed by atoms with Crippen molar-refractivity contribution in [2.45, 2.75) is 63.8 Å². The van der Waals surface area contributed by atoms with E-state index in [1.54, 1.807) is 14.0 Å². The van der Waals surface area contributed by atoms with Crippen molar-refractivity contribution in [1.29, 1.82) is 0 Å². The van der Waals surface area contributed by atoms with Crippen LogP contribution in [0.1, 0.15) is 46.0 Å². The van der Waals surface area contributed by atoms with E-state index in [0.29, 0.717) is 30.0 Å². The third-order valence-corrected chi connectivity index (χ3v) is 6.66. The number of primary amides is 1. The molecule has 0 aromatic heterocycles. The number of piperazine rings is 1. The molecule has 0 spiro atoms. The summed E-state index contributed by atoms with van der Waals surface area (Å²) in [4.78, 5) is 37.2. The Labute approximate surface area is 187 Å². The quantitative estimate of drug-likeness (QED) is 0.227.